The summed E-state index contributed by atoms with van der Waals surface area (Å²) in [4.78, 5) is 7.89. The largest absolute Gasteiger partial charge is 0.382 e. The molecule has 4 nitrogen and oxygen atoms in total. The Balaban J connectivity index is 2.50. The van der Waals surface area contributed by atoms with E-state index in [1.165, 1.54) is 17.0 Å². The van der Waals surface area contributed by atoms with Gasteiger partial charge < -0.3 is 10.3 Å². The second-order valence-corrected chi connectivity index (χ2v) is 2.86. The zero-order chi connectivity index (χ0) is 10.1. The highest BCUT2D eigenvalue weighted by Gasteiger charge is 2.08. The van der Waals surface area contributed by atoms with Gasteiger partial charge in [0.1, 0.15) is 11.3 Å². The maximum Gasteiger partial charge on any atom is 0.256 e. The minimum absolute atomic E-state index is 0.228. The molecule has 6 heteroatoms. The molecule has 0 radical (unpaired) electrons. The van der Waals surface area contributed by atoms with Crippen LogP contribution in [0.1, 0.15) is 0 Å². The highest BCUT2D eigenvalue weighted by molar-refractivity contribution is 5.72. The normalized spacial score (nSPS) is 11.4. The zero-order valence-electron chi connectivity index (χ0n) is 7.19. The molecule has 0 saturated heterocycles. The van der Waals surface area contributed by atoms with Gasteiger partial charge in [-0.25, -0.2) is 18.7 Å². The number of hydrogen-bond donors (Lipinski definition) is 1. The summed E-state index contributed by atoms with van der Waals surface area (Å²) in [6.07, 6.45) is 0.513. The van der Waals surface area contributed by atoms with Crippen molar-refractivity contribution in [2.75, 3.05) is 5.73 Å². The lowest BCUT2D eigenvalue weighted by Crippen LogP contribution is -2.06. The first-order chi connectivity index (χ1) is 6.66. The van der Waals surface area contributed by atoms with E-state index in [2.05, 4.69) is 9.97 Å². The van der Waals surface area contributed by atoms with Gasteiger partial charge in [-0.1, -0.05) is 0 Å². The SMILES string of the molecule is Nc1cnc2ccn(CC(F)F)c2n1. The van der Waals surface area contributed by atoms with Crippen molar-refractivity contribution >= 4 is 17.0 Å². The first-order valence-corrected chi connectivity index (χ1v) is 4.02. The van der Waals surface area contributed by atoms with Crippen LogP contribution >= 0.6 is 0 Å². The van der Waals surface area contributed by atoms with Gasteiger partial charge in [-0.2, -0.15) is 0 Å². The van der Waals surface area contributed by atoms with E-state index in [4.69, 9.17) is 5.73 Å². The summed E-state index contributed by atoms with van der Waals surface area (Å²) in [6, 6.07) is 1.63. The summed E-state index contributed by atoms with van der Waals surface area (Å²) in [5.74, 6) is 0.228. The van der Waals surface area contributed by atoms with Crippen molar-refractivity contribution in [1.82, 2.24) is 14.5 Å². The van der Waals surface area contributed by atoms with E-state index in [-0.39, 0.29) is 12.4 Å². The number of rotatable bonds is 2. The van der Waals surface area contributed by atoms with Gasteiger partial charge in [-0.05, 0) is 6.07 Å². The van der Waals surface area contributed by atoms with Crippen molar-refractivity contribution in [3.8, 4) is 0 Å². The number of nitrogen functional groups attached to an aromatic ring is 1. The Hall–Kier alpha value is -1.72. The molecule has 0 aromatic carbocycles. The molecule has 0 unspecified atom stereocenters. The quantitative estimate of drug-likeness (QED) is 0.790. The number of anilines is 1. The van der Waals surface area contributed by atoms with Gasteiger partial charge in [0.2, 0.25) is 0 Å². The lowest BCUT2D eigenvalue weighted by molar-refractivity contribution is 0.128. The molecule has 0 aliphatic carbocycles. The van der Waals surface area contributed by atoms with Crippen molar-refractivity contribution in [2.45, 2.75) is 13.0 Å². The van der Waals surface area contributed by atoms with E-state index in [1.54, 1.807) is 6.07 Å². The maximum atomic E-state index is 12.1. The van der Waals surface area contributed by atoms with Crippen LogP contribution in [-0.4, -0.2) is 21.0 Å². The van der Waals surface area contributed by atoms with Crippen molar-refractivity contribution in [2.24, 2.45) is 0 Å². The molecular weight excluding hydrogens is 190 g/mol. The first-order valence-electron chi connectivity index (χ1n) is 4.02. The van der Waals surface area contributed by atoms with Gasteiger partial charge in [0.15, 0.2) is 5.65 Å². The van der Waals surface area contributed by atoms with Crippen molar-refractivity contribution in [1.29, 1.82) is 0 Å². The number of halogens is 2. The molecule has 74 valence electrons. The van der Waals surface area contributed by atoms with Crippen molar-refractivity contribution in [3.63, 3.8) is 0 Å². The van der Waals surface area contributed by atoms with Crippen molar-refractivity contribution < 1.29 is 8.78 Å². The lowest BCUT2D eigenvalue weighted by atomic mass is 10.5. The summed E-state index contributed by atoms with van der Waals surface area (Å²) in [5, 5.41) is 0. The first kappa shape index (κ1) is 8.86. The number of aromatic nitrogens is 3. The Morgan fingerprint density at radius 1 is 1.50 bits per heavy atom. The molecule has 0 saturated carbocycles. The third kappa shape index (κ3) is 1.50. The third-order valence-electron chi connectivity index (χ3n) is 1.82. The molecule has 2 heterocycles. The summed E-state index contributed by atoms with van der Waals surface area (Å²) >= 11 is 0. The predicted molar refractivity (Wildman–Crippen MR) is 47.9 cm³/mol. The second-order valence-electron chi connectivity index (χ2n) is 2.86. The molecule has 0 spiro atoms. The van der Waals surface area contributed by atoms with E-state index < -0.39 is 6.43 Å². The average molecular weight is 198 g/mol. The molecule has 2 aromatic rings. The summed E-state index contributed by atoms with van der Waals surface area (Å²) in [5.41, 5.74) is 6.37. The van der Waals surface area contributed by atoms with E-state index in [1.807, 2.05) is 0 Å². The fourth-order valence-corrected chi connectivity index (χ4v) is 1.26. The van der Waals surface area contributed by atoms with Crippen LogP contribution in [0.4, 0.5) is 14.6 Å². The number of hydrogen-bond acceptors (Lipinski definition) is 3. The Morgan fingerprint density at radius 2 is 2.29 bits per heavy atom. The Bertz CT molecular complexity index is 452. The summed E-state index contributed by atoms with van der Waals surface area (Å²) in [6.45, 7) is -0.387. The molecule has 0 amide bonds. The third-order valence-corrected chi connectivity index (χ3v) is 1.82. The molecular formula is C8H8F2N4. The molecule has 2 N–H and O–H groups in total. The van der Waals surface area contributed by atoms with Gasteiger partial charge in [0.05, 0.1) is 12.7 Å². The molecule has 2 aromatic heterocycles. The Morgan fingerprint density at radius 3 is 3.00 bits per heavy atom. The molecule has 0 bridgehead atoms. The van der Waals surface area contributed by atoms with Crippen LogP contribution in [0.5, 0.6) is 0 Å². The topological polar surface area (TPSA) is 56.7 Å². The predicted octanol–water partition coefficient (Wildman–Crippen LogP) is 1.28. The zero-order valence-corrected chi connectivity index (χ0v) is 7.19. The van der Waals surface area contributed by atoms with E-state index in [0.717, 1.165) is 0 Å². The molecule has 0 aliphatic heterocycles. The summed E-state index contributed by atoms with van der Waals surface area (Å²) in [7, 11) is 0. The van der Waals surface area contributed by atoms with Crippen LogP contribution in [0.15, 0.2) is 18.5 Å². The number of fused-ring (bicyclic) bond motifs is 1. The van der Waals surface area contributed by atoms with Gasteiger partial charge >= 0.3 is 0 Å². The van der Waals surface area contributed by atoms with Gasteiger partial charge in [-0.15, -0.1) is 0 Å². The fraction of sp³-hybridized carbons (Fsp3) is 0.250. The van der Waals surface area contributed by atoms with Crippen LogP contribution in [0, 0.1) is 0 Å². The number of nitrogens with zero attached hydrogens (tertiary/aromatic N) is 3. The van der Waals surface area contributed by atoms with Gasteiger partial charge in [-0.3, -0.25) is 0 Å². The molecule has 0 aliphatic rings. The monoisotopic (exact) mass is 198 g/mol. The van der Waals surface area contributed by atoms with Gasteiger partial charge in [0, 0.05) is 6.20 Å². The minimum atomic E-state index is -2.41. The second kappa shape index (κ2) is 3.21. The van der Waals surface area contributed by atoms with Crippen LogP contribution in [0.3, 0.4) is 0 Å². The van der Waals surface area contributed by atoms with Crippen LogP contribution < -0.4 is 5.73 Å². The maximum absolute atomic E-state index is 12.1. The molecule has 2 rings (SSSR count). The van der Waals surface area contributed by atoms with E-state index in [9.17, 15) is 8.78 Å². The highest BCUT2D eigenvalue weighted by Crippen LogP contribution is 2.13. The van der Waals surface area contributed by atoms with Crippen molar-refractivity contribution in [3.05, 3.63) is 18.5 Å². The van der Waals surface area contributed by atoms with Crippen LogP contribution in [-0.2, 0) is 6.54 Å². The molecule has 14 heavy (non-hydrogen) atoms. The van der Waals surface area contributed by atoms with Gasteiger partial charge in [0.25, 0.3) is 6.43 Å². The van der Waals surface area contributed by atoms with Crippen LogP contribution in [0.2, 0.25) is 0 Å². The molecule has 0 fully saturated rings. The highest BCUT2D eigenvalue weighted by atomic mass is 19.3. The van der Waals surface area contributed by atoms with E-state index in [0.29, 0.717) is 11.2 Å². The minimum Gasteiger partial charge on any atom is -0.382 e. The smallest absolute Gasteiger partial charge is 0.256 e. The Kier molecular flexibility index (Phi) is 2.03. The lowest BCUT2D eigenvalue weighted by Gasteiger charge is -2.02. The van der Waals surface area contributed by atoms with E-state index >= 15 is 0 Å². The fourth-order valence-electron chi connectivity index (χ4n) is 1.26. The van der Waals surface area contributed by atoms with Crippen LogP contribution in [0.25, 0.3) is 11.2 Å². The average Bonchev–Trinajstić information content (AvgIpc) is 2.47. The number of nitrogens with two attached hydrogens (primary N) is 1. The standard InChI is InChI=1S/C8H8F2N4/c9-6(10)4-14-2-1-5-8(14)13-7(11)3-12-5/h1-3,6H,4H2,(H2,11,13). The molecule has 0 atom stereocenters. The number of alkyl halides is 2. The Labute approximate surface area is 78.4 Å². The summed E-state index contributed by atoms with van der Waals surface area (Å²) < 4.78 is 25.6.